The fraction of sp³-hybridized carbons (Fsp3) is 0.562. The van der Waals surface area contributed by atoms with E-state index in [0.717, 1.165) is 5.69 Å². The molecule has 0 spiro atoms. The Bertz CT molecular complexity index is 945. The molecule has 0 unspecified atom stereocenters. The summed E-state index contributed by atoms with van der Waals surface area (Å²) in [4.78, 5) is 20.8. The third-order valence-electron chi connectivity index (χ3n) is 3.79. The van der Waals surface area contributed by atoms with Gasteiger partial charge in [-0.1, -0.05) is 0 Å². The molecule has 10 heteroatoms. The maximum Gasteiger partial charge on any atom is 0.413 e. The van der Waals surface area contributed by atoms with Gasteiger partial charge in [0.05, 0.1) is 29.9 Å². The molecule has 1 amide bonds. The Labute approximate surface area is 152 Å². The van der Waals surface area contributed by atoms with E-state index < -0.39 is 21.7 Å². The van der Waals surface area contributed by atoms with Crippen LogP contribution in [0.4, 0.5) is 10.6 Å². The number of anilines is 1. The van der Waals surface area contributed by atoms with Gasteiger partial charge in [0.1, 0.15) is 5.60 Å². The van der Waals surface area contributed by atoms with Crippen molar-refractivity contribution in [2.45, 2.75) is 46.3 Å². The molecule has 1 N–H and O–H groups in total. The molecular weight excluding hydrogens is 358 g/mol. The first-order chi connectivity index (χ1) is 12.0. The number of nitrogens with zero attached hydrogens (tertiary/aromatic N) is 4. The lowest BCUT2D eigenvalue weighted by atomic mass is 10.2. The highest BCUT2D eigenvalue weighted by Crippen LogP contribution is 2.21. The fourth-order valence-corrected chi connectivity index (χ4v) is 4.29. The number of fused-ring (bicyclic) bond motifs is 1. The van der Waals surface area contributed by atoms with Crippen molar-refractivity contribution in [1.29, 1.82) is 0 Å². The van der Waals surface area contributed by atoms with Crippen LogP contribution in [0.25, 0.3) is 5.65 Å². The summed E-state index contributed by atoms with van der Waals surface area (Å²) in [5.74, 6) is 0.479. The van der Waals surface area contributed by atoms with Gasteiger partial charge in [-0.2, -0.15) is 4.31 Å². The SMILES string of the molecule is Cc1cn2cc(NC(=O)OC(C)(C)C)nc2c(CN2CCCS2(=O)=O)n1. The number of sulfonamides is 1. The van der Waals surface area contributed by atoms with Crippen LogP contribution in [0.1, 0.15) is 38.6 Å². The second-order valence-electron chi connectivity index (χ2n) is 7.32. The molecule has 26 heavy (non-hydrogen) atoms. The summed E-state index contributed by atoms with van der Waals surface area (Å²) in [6.45, 7) is 7.79. The first kappa shape index (κ1) is 18.6. The predicted molar refractivity (Wildman–Crippen MR) is 96.4 cm³/mol. The number of aromatic nitrogens is 3. The Hall–Kier alpha value is -2.20. The topological polar surface area (TPSA) is 106 Å². The van der Waals surface area contributed by atoms with E-state index in [4.69, 9.17) is 4.74 Å². The maximum absolute atomic E-state index is 12.1. The number of aryl methyl sites for hydroxylation is 1. The molecule has 2 aromatic heterocycles. The zero-order valence-corrected chi connectivity index (χ0v) is 16.1. The third-order valence-corrected chi connectivity index (χ3v) is 5.69. The summed E-state index contributed by atoms with van der Waals surface area (Å²) in [5, 5.41) is 2.59. The number of carbonyl (C=O) groups excluding carboxylic acids is 1. The molecule has 1 aliphatic heterocycles. The summed E-state index contributed by atoms with van der Waals surface area (Å²) >= 11 is 0. The number of nitrogens with one attached hydrogen (secondary N) is 1. The zero-order chi connectivity index (χ0) is 19.1. The number of rotatable bonds is 3. The van der Waals surface area contributed by atoms with Crippen LogP contribution in [0.3, 0.4) is 0 Å². The first-order valence-corrected chi connectivity index (χ1v) is 9.97. The van der Waals surface area contributed by atoms with Crippen molar-refractivity contribution < 1.29 is 17.9 Å². The van der Waals surface area contributed by atoms with E-state index in [1.165, 1.54) is 4.31 Å². The number of hydrogen-bond donors (Lipinski definition) is 1. The molecule has 0 saturated carbocycles. The van der Waals surface area contributed by atoms with Crippen molar-refractivity contribution >= 4 is 27.6 Å². The van der Waals surface area contributed by atoms with E-state index in [9.17, 15) is 13.2 Å². The lowest BCUT2D eigenvalue weighted by molar-refractivity contribution is 0.0635. The van der Waals surface area contributed by atoms with Crippen molar-refractivity contribution in [2.75, 3.05) is 17.6 Å². The van der Waals surface area contributed by atoms with Crippen molar-refractivity contribution in [3.05, 3.63) is 23.8 Å². The van der Waals surface area contributed by atoms with Crippen LogP contribution in [0.2, 0.25) is 0 Å². The van der Waals surface area contributed by atoms with Gasteiger partial charge in [0.25, 0.3) is 0 Å². The molecule has 1 saturated heterocycles. The summed E-state index contributed by atoms with van der Waals surface area (Å²) < 4.78 is 32.5. The van der Waals surface area contributed by atoms with E-state index >= 15 is 0 Å². The van der Waals surface area contributed by atoms with Crippen LogP contribution in [0.5, 0.6) is 0 Å². The zero-order valence-electron chi connectivity index (χ0n) is 15.3. The normalized spacial score (nSPS) is 17.5. The number of amides is 1. The summed E-state index contributed by atoms with van der Waals surface area (Å²) in [7, 11) is -3.23. The summed E-state index contributed by atoms with van der Waals surface area (Å²) in [5.41, 5.74) is 1.17. The van der Waals surface area contributed by atoms with Crippen molar-refractivity contribution in [3.63, 3.8) is 0 Å². The minimum absolute atomic E-state index is 0.162. The minimum Gasteiger partial charge on any atom is -0.444 e. The number of imidazole rings is 1. The molecule has 0 atom stereocenters. The van der Waals surface area contributed by atoms with Gasteiger partial charge in [-0.3, -0.25) is 10.3 Å². The smallest absolute Gasteiger partial charge is 0.413 e. The first-order valence-electron chi connectivity index (χ1n) is 8.36. The molecule has 0 radical (unpaired) electrons. The van der Waals surface area contributed by atoms with Gasteiger partial charge in [-0.05, 0) is 34.1 Å². The Morgan fingerprint density at radius 2 is 2.04 bits per heavy atom. The van der Waals surface area contributed by atoms with Gasteiger partial charge in [-0.25, -0.2) is 18.2 Å². The molecule has 142 valence electrons. The van der Waals surface area contributed by atoms with Crippen LogP contribution >= 0.6 is 0 Å². The van der Waals surface area contributed by atoms with Crippen LogP contribution in [0.15, 0.2) is 12.4 Å². The largest absolute Gasteiger partial charge is 0.444 e. The molecule has 9 nitrogen and oxygen atoms in total. The predicted octanol–water partition coefficient (Wildman–Crippen LogP) is 1.92. The van der Waals surface area contributed by atoms with Crippen LogP contribution in [-0.2, 0) is 21.3 Å². The molecular formula is C16H23N5O4S. The van der Waals surface area contributed by atoms with E-state index in [1.54, 1.807) is 37.6 Å². The van der Waals surface area contributed by atoms with E-state index in [-0.39, 0.29) is 12.3 Å². The molecule has 3 heterocycles. The van der Waals surface area contributed by atoms with Crippen molar-refractivity contribution in [3.8, 4) is 0 Å². The molecule has 1 fully saturated rings. The molecule has 0 aromatic carbocycles. The Morgan fingerprint density at radius 3 is 2.65 bits per heavy atom. The Kier molecular flexibility index (Phi) is 4.65. The number of hydrogen-bond acceptors (Lipinski definition) is 6. The molecule has 2 aromatic rings. The Balaban J connectivity index is 1.88. The minimum atomic E-state index is -3.23. The second kappa shape index (κ2) is 6.51. The van der Waals surface area contributed by atoms with E-state index in [2.05, 4.69) is 15.3 Å². The van der Waals surface area contributed by atoms with Gasteiger partial charge < -0.3 is 9.14 Å². The van der Waals surface area contributed by atoms with Gasteiger partial charge in [0.15, 0.2) is 11.5 Å². The Morgan fingerprint density at radius 1 is 1.31 bits per heavy atom. The van der Waals surface area contributed by atoms with Gasteiger partial charge in [0, 0.05) is 12.7 Å². The highest BCUT2D eigenvalue weighted by atomic mass is 32.2. The van der Waals surface area contributed by atoms with Crippen LogP contribution < -0.4 is 5.32 Å². The van der Waals surface area contributed by atoms with Crippen LogP contribution in [-0.4, -0.2) is 51.1 Å². The molecule has 0 bridgehead atoms. The third kappa shape index (κ3) is 4.13. The molecule has 1 aliphatic rings. The highest BCUT2D eigenvalue weighted by molar-refractivity contribution is 7.89. The van der Waals surface area contributed by atoms with Gasteiger partial charge >= 0.3 is 6.09 Å². The van der Waals surface area contributed by atoms with Crippen LogP contribution in [0, 0.1) is 6.92 Å². The monoisotopic (exact) mass is 381 g/mol. The summed E-state index contributed by atoms with van der Waals surface area (Å²) in [6, 6.07) is 0. The average molecular weight is 381 g/mol. The van der Waals surface area contributed by atoms with Gasteiger partial charge in [0.2, 0.25) is 10.0 Å². The molecule has 0 aliphatic carbocycles. The van der Waals surface area contributed by atoms with Crippen molar-refractivity contribution in [2.24, 2.45) is 0 Å². The second-order valence-corrected chi connectivity index (χ2v) is 9.40. The summed E-state index contributed by atoms with van der Waals surface area (Å²) in [6.07, 6.45) is 3.43. The lowest BCUT2D eigenvalue weighted by Gasteiger charge is -2.18. The maximum atomic E-state index is 12.1. The van der Waals surface area contributed by atoms with E-state index in [1.807, 2.05) is 6.92 Å². The average Bonchev–Trinajstić information content (AvgIpc) is 2.99. The molecule has 3 rings (SSSR count). The van der Waals surface area contributed by atoms with Gasteiger partial charge in [-0.15, -0.1) is 0 Å². The highest BCUT2D eigenvalue weighted by Gasteiger charge is 2.29. The number of carbonyl (C=O) groups is 1. The lowest BCUT2D eigenvalue weighted by Crippen LogP contribution is -2.27. The van der Waals surface area contributed by atoms with E-state index in [0.29, 0.717) is 30.1 Å². The standard InChI is InChI=1S/C16H23N5O4S/c1-11-8-20-10-13(19-15(22)25-16(2,3)4)18-14(20)12(17-11)9-21-6-5-7-26(21,23)24/h8,10H,5-7,9H2,1-4H3,(H,19,22). The number of ether oxygens (including phenoxy) is 1. The quantitative estimate of drug-likeness (QED) is 0.871. The fourth-order valence-electron chi connectivity index (χ4n) is 2.81. The van der Waals surface area contributed by atoms with Crippen molar-refractivity contribution in [1.82, 2.24) is 18.7 Å².